The van der Waals surface area contributed by atoms with E-state index >= 15 is 0 Å². The number of rotatable bonds is 5. The van der Waals surface area contributed by atoms with Crippen molar-refractivity contribution in [2.24, 2.45) is 0 Å². The number of carboxylic acids is 1. The molecule has 0 saturated heterocycles. The highest BCUT2D eigenvalue weighted by Gasteiger charge is 2.19. The zero-order valence-electron chi connectivity index (χ0n) is 8.51. The first-order valence-corrected chi connectivity index (χ1v) is 4.78. The molecule has 0 aliphatic carbocycles. The van der Waals surface area contributed by atoms with E-state index in [2.05, 4.69) is 0 Å². The van der Waals surface area contributed by atoms with Crippen LogP contribution in [0.5, 0.6) is 5.75 Å². The molecular weight excluding hydrogens is 196 g/mol. The predicted molar refractivity (Wildman–Crippen MR) is 54.7 cm³/mol. The highest BCUT2D eigenvalue weighted by molar-refractivity contribution is 5.74. The van der Waals surface area contributed by atoms with Crippen molar-refractivity contribution in [3.8, 4) is 5.75 Å². The van der Waals surface area contributed by atoms with Gasteiger partial charge in [-0.15, -0.1) is 0 Å². The summed E-state index contributed by atoms with van der Waals surface area (Å²) in [5.41, 5.74) is 0.536. The Morgan fingerprint density at radius 3 is 2.47 bits per heavy atom. The van der Waals surface area contributed by atoms with E-state index < -0.39 is 12.1 Å². The summed E-state index contributed by atoms with van der Waals surface area (Å²) in [6.45, 7) is 2.31. The molecule has 4 heteroatoms. The fraction of sp³-hybridized carbons (Fsp3) is 0.364. The largest absolute Gasteiger partial charge is 0.508 e. The lowest BCUT2D eigenvalue weighted by atomic mass is 10.1. The maximum atomic E-state index is 10.9. The molecule has 0 aliphatic heterocycles. The molecule has 15 heavy (non-hydrogen) atoms. The van der Waals surface area contributed by atoms with Gasteiger partial charge in [0.05, 0.1) is 0 Å². The molecule has 0 aliphatic rings. The minimum Gasteiger partial charge on any atom is -0.508 e. The maximum Gasteiger partial charge on any atom is 0.337 e. The van der Waals surface area contributed by atoms with Crippen LogP contribution in [0, 0.1) is 0 Å². The van der Waals surface area contributed by atoms with Crippen LogP contribution in [-0.4, -0.2) is 22.8 Å². The molecule has 0 radical (unpaired) electrons. The second kappa shape index (κ2) is 5.36. The standard InChI is InChI=1S/C11H14O4/c1-2-7-15-10(11(13)14)8-3-5-9(12)6-4-8/h3-6,10,12H,2,7H2,1H3,(H,13,14). The molecule has 0 heterocycles. The van der Waals surface area contributed by atoms with Gasteiger partial charge in [0.25, 0.3) is 0 Å². The molecule has 0 fully saturated rings. The third-order valence-electron chi connectivity index (χ3n) is 1.91. The lowest BCUT2D eigenvalue weighted by molar-refractivity contribution is -0.150. The Balaban J connectivity index is 2.79. The van der Waals surface area contributed by atoms with E-state index in [1.807, 2.05) is 6.92 Å². The van der Waals surface area contributed by atoms with E-state index in [0.717, 1.165) is 6.42 Å². The van der Waals surface area contributed by atoms with Crippen molar-refractivity contribution in [1.82, 2.24) is 0 Å². The topological polar surface area (TPSA) is 66.8 Å². The minimum absolute atomic E-state index is 0.110. The van der Waals surface area contributed by atoms with Gasteiger partial charge in [0.1, 0.15) is 5.75 Å². The summed E-state index contributed by atoms with van der Waals surface area (Å²) in [6, 6.07) is 5.98. The monoisotopic (exact) mass is 210 g/mol. The summed E-state index contributed by atoms with van der Waals surface area (Å²) in [4.78, 5) is 10.9. The molecule has 1 aromatic rings. The number of phenolic OH excluding ortho intramolecular Hbond substituents is 1. The van der Waals surface area contributed by atoms with Gasteiger partial charge in [-0.1, -0.05) is 19.1 Å². The first kappa shape index (κ1) is 11.5. The van der Waals surface area contributed by atoms with Crippen molar-refractivity contribution < 1.29 is 19.7 Å². The summed E-state index contributed by atoms with van der Waals surface area (Å²) in [5.74, 6) is -0.910. The molecular formula is C11H14O4. The molecule has 2 N–H and O–H groups in total. The summed E-state index contributed by atoms with van der Waals surface area (Å²) in [6.07, 6.45) is -0.187. The van der Waals surface area contributed by atoms with Gasteiger partial charge in [-0.2, -0.15) is 0 Å². The van der Waals surface area contributed by atoms with E-state index in [1.54, 1.807) is 12.1 Å². The van der Waals surface area contributed by atoms with Crippen LogP contribution >= 0.6 is 0 Å². The first-order chi connectivity index (χ1) is 7.15. The lowest BCUT2D eigenvalue weighted by Gasteiger charge is -2.13. The molecule has 4 nitrogen and oxygen atoms in total. The van der Waals surface area contributed by atoms with Crippen molar-refractivity contribution >= 4 is 5.97 Å². The SMILES string of the molecule is CCCOC(C(=O)O)c1ccc(O)cc1. The molecule has 1 rings (SSSR count). The maximum absolute atomic E-state index is 10.9. The van der Waals surface area contributed by atoms with Crippen LogP contribution in [-0.2, 0) is 9.53 Å². The van der Waals surface area contributed by atoms with Crippen LogP contribution in [0.25, 0.3) is 0 Å². The molecule has 0 spiro atoms. The number of phenols is 1. The number of hydrogen-bond acceptors (Lipinski definition) is 3. The second-order valence-electron chi connectivity index (χ2n) is 3.18. The van der Waals surface area contributed by atoms with Gasteiger partial charge in [-0.25, -0.2) is 4.79 Å². The number of carboxylic acid groups (broad SMARTS) is 1. The summed E-state index contributed by atoms with van der Waals surface area (Å²) >= 11 is 0. The Bertz CT molecular complexity index is 318. The average Bonchev–Trinajstić information content (AvgIpc) is 2.21. The van der Waals surface area contributed by atoms with Crippen LogP contribution in [0.3, 0.4) is 0 Å². The molecule has 0 aromatic heterocycles. The van der Waals surface area contributed by atoms with Crippen LogP contribution < -0.4 is 0 Å². The second-order valence-corrected chi connectivity index (χ2v) is 3.18. The van der Waals surface area contributed by atoms with Gasteiger partial charge in [0.15, 0.2) is 6.10 Å². The first-order valence-electron chi connectivity index (χ1n) is 4.78. The third kappa shape index (κ3) is 3.25. The fourth-order valence-corrected chi connectivity index (χ4v) is 1.19. The van der Waals surface area contributed by atoms with Crippen LogP contribution in [0.1, 0.15) is 25.0 Å². The normalized spacial score (nSPS) is 12.3. The Labute approximate surface area is 88.1 Å². The minimum atomic E-state index is -1.02. The molecule has 82 valence electrons. The molecule has 1 atom stereocenters. The lowest BCUT2D eigenvalue weighted by Crippen LogP contribution is -2.15. The summed E-state index contributed by atoms with van der Waals surface area (Å²) in [7, 11) is 0. The quantitative estimate of drug-likeness (QED) is 0.779. The Morgan fingerprint density at radius 2 is 2.00 bits per heavy atom. The van der Waals surface area contributed by atoms with Crippen molar-refractivity contribution in [3.63, 3.8) is 0 Å². The van der Waals surface area contributed by atoms with Crippen LogP contribution in [0.4, 0.5) is 0 Å². The van der Waals surface area contributed by atoms with Crippen LogP contribution in [0.2, 0.25) is 0 Å². The molecule has 0 amide bonds. The highest BCUT2D eigenvalue weighted by atomic mass is 16.5. The Morgan fingerprint density at radius 1 is 1.40 bits per heavy atom. The van der Waals surface area contributed by atoms with Gasteiger partial charge in [-0.3, -0.25) is 0 Å². The number of hydrogen-bond donors (Lipinski definition) is 2. The van der Waals surface area contributed by atoms with E-state index in [-0.39, 0.29) is 5.75 Å². The molecule has 1 unspecified atom stereocenters. The van der Waals surface area contributed by atoms with Crippen molar-refractivity contribution in [3.05, 3.63) is 29.8 Å². The smallest absolute Gasteiger partial charge is 0.337 e. The van der Waals surface area contributed by atoms with Crippen molar-refractivity contribution in [1.29, 1.82) is 0 Å². The van der Waals surface area contributed by atoms with E-state index in [9.17, 15) is 4.79 Å². The van der Waals surface area contributed by atoms with E-state index in [4.69, 9.17) is 14.9 Å². The van der Waals surface area contributed by atoms with Gasteiger partial charge >= 0.3 is 5.97 Å². The average molecular weight is 210 g/mol. The number of ether oxygens (including phenoxy) is 1. The number of aromatic hydroxyl groups is 1. The van der Waals surface area contributed by atoms with Crippen molar-refractivity contribution in [2.45, 2.75) is 19.4 Å². The zero-order valence-corrected chi connectivity index (χ0v) is 8.51. The number of benzene rings is 1. The number of aliphatic carboxylic acids is 1. The summed E-state index contributed by atoms with van der Waals surface area (Å²) < 4.78 is 5.20. The predicted octanol–water partition coefficient (Wildman–Crippen LogP) is 1.94. The highest BCUT2D eigenvalue weighted by Crippen LogP contribution is 2.20. The van der Waals surface area contributed by atoms with E-state index in [1.165, 1.54) is 12.1 Å². The Kier molecular flexibility index (Phi) is 4.12. The van der Waals surface area contributed by atoms with Crippen LogP contribution in [0.15, 0.2) is 24.3 Å². The molecule has 0 saturated carbocycles. The van der Waals surface area contributed by atoms with Gasteiger partial charge in [0.2, 0.25) is 0 Å². The van der Waals surface area contributed by atoms with Gasteiger partial charge < -0.3 is 14.9 Å². The molecule has 1 aromatic carbocycles. The molecule has 0 bridgehead atoms. The summed E-state index contributed by atoms with van der Waals surface area (Å²) in [5, 5.41) is 18.0. The van der Waals surface area contributed by atoms with Crippen molar-refractivity contribution in [2.75, 3.05) is 6.61 Å². The van der Waals surface area contributed by atoms with E-state index in [0.29, 0.717) is 12.2 Å². The fourth-order valence-electron chi connectivity index (χ4n) is 1.19. The third-order valence-corrected chi connectivity index (χ3v) is 1.91. The Hall–Kier alpha value is -1.55. The zero-order chi connectivity index (χ0) is 11.3. The number of carbonyl (C=O) groups is 1. The van der Waals surface area contributed by atoms with Gasteiger partial charge in [-0.05, 0) is 24.1 Å². The van der Waals surface area contributed by atoms with Gasteiger partial charge in [0, 0.05) is 6.61 Å².